The van der Waals surface area contributed by atoms with Gasteiger partial charge in [-0.3, -0.25) is 0 Å². The van der Waals surface area contributed by atoms with Crippen LogP contribution in [0.3, 0.4) is 0 Å². The summed E-state index contributed by atoms with van der Waals surface area (Å²) < 4.78 is 0. The molecule has 0 spiro atoms. The number of hydrogen-bond acceptors (Lipinski definition) is 2. The molecule has 0 aliphatic heterocycles. The molecule has 0 aromatic carbocycles. The molecule has 0 aromatic heterocycles. The van der Waals surface area contributed by atoms with E-state index in [0.717, 1.165) is 18.9 Å². The molecule has 0 amide bonds. The number of rotatable bonds is 5. The summed E-state index contributed by atoms with van der Waals surface area (Å²) in [5.74, 6) is 2.01. The molecule has 0 aromatic rings. The third-order valence-electron chi connectivity index (χ3n) is 4.81. The number of aliphatic hydroxyl groups is 1. The molecule has 1 fully saturated rings. The highest BCUT2D eigenvalue weighted by molar-refractivity contribution is 4.82. The van der Waals surface area contributed by atoms with Crippen LogP contribution in [-0.4, -0.2) is 35.7 Å². The van der Waals surface area contributed by atoms with Gasteiger partial charge in [0.25, 0.3) is 0 Å². The first-order chi connectivity index (χ1) is 7.95. The molecule has 2 heteroatoms. The van der Waals surface area contributed by atoms with Gasteiger partial charge in [-0.2, -0.15) is 0 Å². The summed E-state index contributed by atoms with van der Waals surface area (Å²) >= 11 is 0. The molecule has 2 nitrogen and oxygen atoms in total. The zero-order valence-electron chi connectivity index (χ0n) is 12.3. The summed E-state index contributed by atoms with van der Waals surface area (Å²) in [6.45, 7) is 10.2. The van der Waals surface area contributed by atoms with Crippen molar-refractivity contribution >= 4 is 0 Å². The summed E-state index contributed by atoms with van der Waals surface area (Å²) in [5.41, 5.74) is 0. The fraction of sp³-hybridized carbons (Fsp3) is 1.00. The van der Waals surface area contributed by atoms with Gasteiger partial charge >= 0.3 is 0 Å². The number of hydrogen-bond donors (Lipinski definition) is 1. The fourth-order valence-electron chi connectivity index (χ4n) is 2.96. The van der Waals surface area contributed by atoms with Gasteiger partial charge < -0.3 is 10.0 Å². The summed E-state index contributed by atoms with van der Waals surface area (Å²) in [6, 6.07) is 0.601. The summed E-state index contributed by atoms with van der Waals surface area (Å²) in [4.78, 5) is 2.43. The Balaban J connectivity index is 2.48. The van der Waals surface area contributed by atoms with Gasteiger partial charge in [-0.1, -0.05) is 27.2 Å². The minimum absolute atomic E-state index is 0.0698. The lowest BCUT2D eigenvalue weighted by atomic mass is 9.78. The Bertz CT molecular complexity index is 217. The Kier molecular flexibility index (Phi) is 5.94. The lowest BCUT2D eigenvalue weighted by Crippen LogP contribution is -2.42. The minimum Gasteiger partial charge on any atom is -0.393 e. The van der Waals surface area contributed by atoms with Crippen LogP contribution < -0.4 is 0 Å². The van der Waals surface area contributed by atoms with Crippen LogP contribution in [0.15, 0.2) is 0 Å². The quantitative estimate of drug-likeness (QED) is 0.799. The van der Waals surface area contributed by atoms with E-state index in [0.29, 0.717) is 17.9 Å². The second-order valence-electron chi connectivity index (χ2n) is 6.34. The molecule has 0 radical (unpaired) electrons. The largest absolute Gasteiger partial charge is 0.393 e. The van der Waals surface area contributed by atoms with Crippen molar-refractivity contribution < 1.29 is 5.11 Å². The highest BCUT2D eigenvalue weighted by Crippen LogP contribution is 2.32. The lowest BCUT2D eigenvalue weighted by Gasteiger charge is -2.38. The molecule has 0 saturated heterocycles. The third kappa shape index (κ3) is 4.26. The first-order valence-electron chi connectivity index (χ1n) is 7.34. The molecule has 102 valence electrons. The fourth-order valence-corrected chi connectivity index (χ4v) is 2.96. The lowest BCUT2D eigenvalue weighted by molar-refractivity contribution is 0.0217. The van der Waals surface area contributed by atoms with Gasteiger partial charge in [0, 0.05) is 12.6 Å². The average molecular weight is 241 g/mol. The van der Waals surface area contributed by atoms with Crippen molar-refractivity contribution in [3.8, 4) is 0 Å². The van der Waals surface area contributed by atoms with Gasteiger partial charge in [0.15, 0.2) is 0 Å². The monoisotopic (exact) mass is 241 g/mol. The maximum Gasteiger partial charge on any atom is 0.0580 e. The standard InChI is InChI=1S/C15H31NO/c1-6-13-7-8-15(17)14(9-13)10-16(5)12(4)11(2)3/h11-15,17H,6-10H2,1-5H3. The Morgan fingerprint density at radius 1 is 1.24 bits per heavy atom. The van der Waals surface area contributed by atoms with Gasteiger partial charge in [0.05, 0.1) is 6.10 Å². The van der Waals surface area contributed by atoms with E-state index in [1.807, 2.05) is 0 Å². The highest BCUT2D eigenvalue weighted by Gasteiger charge is 2.30. The van der Waals surface area contributed by atoms with Crippen molar-refractivity contribution in [3.63, 3.8) is 0 Å². The summed E-state index contributed by atoms with van der Waals surface area (Å²) in [6.07, 6.45) is 4.64. The first-order valence-corrected chi connectivity index (χ1v) is 7.34. The molecule has 4 unspecified atom stereocenters. The molecule has 1 aliphatic rings. The van der Waals surface area contributed by atoms with Gasteiger partial charge in [-0.05, 0) is 51.0 Å². The van der Waals surface area contributed by atoms with Crippen molar-refractivity contribution in [2.45, 2.75) is 65.5 Å². The Hall–Kier alpha value is -0.0800. The maximum absolute atomic E-state index is 10.1. The summed E-state index contributed by atoms with van der Waals surface area (Å²) in [5, 5.41) is 10.1. The SMILES string of the molecule is CCC1CCC(O)C(CN(C)C(C)C(C)C)C1. The van der Waals surface area contributed by atoms with E-state index in [9.17, 15) is 5.11 Å². The van der Waals surface area contributed by atoms with Crippen molar-refractivity contribution in [2.75, 3.05) is 13.6 Å². The van der Waals surface area contributed by atoms with Crippen molar-refractivity contribution in [3.05, 3.63) is 0 Å². The maximum atomic E-state index is 10.1. The summed E-state index contributed by atoms with van der Waals surface area (Å²) in [7, 11) is 2.20. The second kappa shape index (κ2) is 6.75. The minimum atomic E-state index is -0.0698. The van der Waals surface area contributed by atoms with Crippen LogP contribution in [-0.2, 0) is 0 Å². The van der Waals surface area contributed by atoms with E-state index >= 15 is 0 Å². The number of aliphatic hydroxyl groups excluding tert-OH is 1. The Morgan fingerprint density at radius 3 is 2.41 bits per heavy atom. The Labute approximate surface area is 107 Å². The smallest absolute Gasteiger partial charge is 0.0580 e. The molecule has 0 heterocycles. The van der Waals surface area contributed by atoms with E-state index in [1.165, 1.54) is 19.3 Å². The molecule has 0 bridgehead atoms. The molecule has 4 atom stereocenters. The van der Waals surface area contributed by atoms with Crippen molar-refractivity contribution in [1.29, 1.82) is 0 Å². The highest BCUT2D eigenvalue weighted by atomic mass is 16.3. The zero-order chi connectivity index (χ0) is 13.0. The van der Waals surface area contributed by atoms with Crippen LogP contribution in [0.5, 0.6) is 0 Å². The molecular weight excluding hydrogens is 210 g/mol. The molecule has 17 heavy (non-hydrogen) atoms. The van der Waals surface area contributed by atoms with E-state index in [4.69, 9.17) is 0 Å². The van der Waals surface area contributed by atoms with Crippen LogP contribution >= 0.6 is 0 Å². The molecule has 1 N–H and O–H groups in total. The Morgan fingerprint density at radius 2 is 1.88 bits per heavy atom. The van der Waals surface area contributed by atoms with Gasteiger partial charge in [-0.15, -0.1) is 0 Å². The van der Waals surface area contributed by atoms with Crippen molar-refractivity contribution in [2.24, 2.45) is 17.8 Å². The van der Waals surface area contributed by atoms with E-state index in [2.05, 4.69) is 39.6 Å². The predicted molar refractivity (Wildman–Crippen MR) is 74.1 cm³/mol. The third-order valence-corrected chi connectivity index (χ3v) is 4.81. The zero-order valence-corrected chi connectivity index (χ0v) is 12.3. The normalized spacial score (nSPS) is 32.1. The number of nitrogens with zero attached hydrogens (tertiary/aromatic N) is 1. The molecular formula is C15H31NO. The van der Waals surface area contributed by atoms with Gasteiger partial charge in [-0.25, -0.2) is 0 Å². The predicted octanol–water partition coefficient (Wildman–Crippen LogP) is 3.15. The first kappa shape index (κ1) is 15.0. The van der Waals surface area contributed by atoms with Crippen LogP contribution in [0.2, 0.25) is 0 Å². The topological polar surface area (TPSA) is 23.5 Å². The van der Waals surface area contributed by atoms with E-state index < -0.39 is 0 Å². The van der Waals surface area contributed by atoms with Crippen molar-refractivity contribution in [1.82, 2.24) is 4.90 Å². The van der Waals surface area contributed by atoms with Crippen LogP contribution in [0.4, 0.5) is 0 Å². The van der Waals surface area contributed by atoms with Crippen LogP contribution in [0, 0.1) is 17.8 Å². The molecule has 1 aliphatic carbocycles. The van der Waals surface area contributed by atoms with Crippen LogP contribution in [0.1, 0.15) is 53.4 Å². The van der Waals surface area contributed by atoms with Gasteiger partial charge in [0.2, 0.25) is 0 Å². The molecule has 1 rings (SSSR count). The second-order valence-corrected chi connectivity index (χ2v) is 6.34. The van der Waals surface area contributed by atoms with E-state index in [1.54, 1.807) is 0 Å². The van der Waals surface area contributed by atoms with E-state index in [-0.39, 0.29) is 6.10 Å². The van der Waals surface area contributed by atoms with Gasteiger partial charge in [0.1, 0.15) is 0 Å². The molecule has 1 saturated carbocycles. The average Bonchev–Trinajstić information content (AvgIpc) is 2.30. The van der Waals surface area contributed by atoms with Crippen LogP contribution in [0.25, 0.3) is 0 Å².